The fourth-order valence-electron chi connectivity index (χ4n) is 2.08. The third-order valence-electron chi connectivity index (χ3n) is 3.30. The number of methoxy groups -OCH3 is 2. The zero-order valence-electron chi connectivity index (χ0n) is 13.4. The summed E-state index contributed by atoms with van der Waals surface area (Å²) in [7, 11) is -1.29. The summed E-state index contributed by atoms with van der Waals surface area (Å²) in [6, 6.07) is 10.7. The Morgan fingerprint density at radius 1 is 0.960 bits per heavy atom. The van der Waals surface area contributed by atoms with Crippen LogP contribution in [0.15, 0.2) is 53.7 Å². The summed E-state index contributed by atoms with van der Waals surface area (Å²) in [5.41, 5.74) is 0.661. The molecule has 0 N–H and O–H groups in total. The molecular weight excluding hydrogens is 348 g/mol. The van der Waals surface area contributed by atoms with E-state index in [0.29, 0.717) is 11.4 Å². The molecular formula is C15H14N4O5S. The van der Waals surface area contributed by atoms with Gasteiger partial charge in [0.05, 0.1) is 19.9 Å². The Kier molecular flexibility index (Phi) is 4.52. The van der Waals surface area contributed by atoms with Crippen LogP contribution in [0.4, 0.5) is 0 Å². The van der Waals surface area contributed by atoms with E-state index in [-0.39, 0.29) is 16.4 Å². The quantitative estimate of drug-likeness (QED) is 0.607. The zero-order chi connectivity index (χ0) is 17.9. The van der Waals surface area contributed by atoms with Crippen molar-refractivity contribution < 1.29 is 22.1 Å². The molecule has 3 aromatic rings. The summed E-state index contributed by atoms with van der Waals surface area (Å²) in [5.74, 6) is 0.671. The van der Waals surface area contributed by atoms with Gasteiger partial charge in [-0.2, -0.15) is 8.42 Å². The van der Waals surface area contributed by atoms with Gasteiger partial charge in [0.1, 0.15) is 23.6 Å². The Morgan fingerprint density at radius 3 is 2.28 bits per heavy atom. The Morgan fingerprint density at radius 2 is 1.68 bits per heavy atom. The number of hydrogen-bond acceptors (Lipinski definition) is 8. The molecule has 130 valence electrons. The molecule has 3 rings (SSSR count). The van der Waals surface area contributed by atoms with E-state index in [0.717, 1.165) is 0 Å². The number of ether oxygens (including phenoxy) is 2. The highest BCUT2D eigenvalue weighted by atomic mass is 32.2. The van der Waals surface area contributed by atoms with E-state index in [1.807, 2.05) is 0 Å². The summed E-state index contributed by atoms with van der Waals surface area (Å²) >= 11 is 0. The maximum absolute atomic E-state index is 12.6. The molecule has 0 unspecified atom stereocenters. The lowest BCUT2D eigenvalue weighted by atomic mass is 10.3. The van der Waals surface area contributed by atoms with Gasteiger partial charge in [-0.25, -0.2) is 4.68 Å². The average molecular weight is 362 g/mol. The first-order valence-electron chi connectivity index (χ1n) is 7.03. The molecule has 1 aromatic heterocycles. The third kappa shape index (κ3) is 3.53. The van der Waals surface area contributed by atoms with Gasteiger partial charge in [0.25, 0.3) is 0 Å². The average Bonchev–Trinajstić information content (AvgIpc) is 3.16. The molecule has 2 aromatic carbocycles. The van der Waals surface area contributed by atoms with Crippen molar-refractivity contribution in [3.8, 4) is 22.9 Å². The molecule has 1 heterocycles. The van der Waals surface area contributed by atoms with Crippen molar-refractivity contribution >= 4 is 10.1 Å². The molecule has 0 saturated carbocycles. The molecule has 0 radical (unpaired) electrons. The van der Waals surface area contributed by atoms with E-state index in [9.17, 15) is 8.42 Å². The van der Waals surface area contributed by atoms with E-state index in [2.05, 4.69) is 15.5 Å². The molecule has 0 spiro atoms. The maximum atomic E-state index is 12.6. The number of hydrogen-bond donors (Lipinski definition) is 0. The van der Waals surface area contributed by atoms with E-state index in [4.69, 9.17) is 13.7 Å². The topological polar surface area (TPSA) is 105 Å². The van der Waals surface area contributed by atoms with Crippen molar-refractivity contribution in [2.45, 2.75) is 4.90 Å². The minimum atomic E-state index is -4.11. The molecule has 0 aliphatic heterocycles. The van der Waals surface area contributed by atoms with Crippen LogP contribution in [0, 0.1) is 0 Å². The van der Waals surface area contributed by atoms with Gasteiger partial charge in [-0.15, -0.1) is 5.10 Å². The van der Waals surface area contributed by atoms with Crippen LogP contribution in [0.25, 0.3) is 5.69 Å². The molecule has 0 amide bonds. The highest BCUT2D eigenvalue weighted by Gasteiger charge is 2.23. The second-order valence-electron chi connectivity index (χ2n) is 4.80. The third-order valence-corrected chi connectivity index (χ3v) is 4.57. The molecule has 25 heavy (non-hydrogen) atoms. The first-order valence-corrected chi connectivity index (χ1v) is 8.44. The van der Waals surface area contributed by atoms with E-state index >= 15 is 0 Å². The molecule has 0 bridgehead atoms. The highest BCUT2D eigenvalue weighted by molar-refractivity contribution is 7.87. The lowest BCUT2D eigenvalue weighted by molar-refractivity contribution is 0.388. The van der Waals surface area contributed by atoms with Crippen molar-refractivity contribution in [1.29, 1.82) is 0 Å². The Hall–Kier alpha value is -3.14. The van der Waals surface area contributed by atoms with E-state index < -0.39 is 10.1 Å². The second kappa shape index (κ2) is 6.77. The molecule has 0 aliphatic carbocycles. The van der Waals surface area contributed by atoms with E-state index in [1.54, 1.807) is 18.2 Å². The number of benzene rings is 2. The fraction of sp³-hybridized carbons (Fsp3) is 0.133. The SMILES string of the molecule is COc1ccc(OC)c(S(=O)(=O)Oc2ccc(-n3cnnn3)cc2)c1. The molecule has 10 heteroatoms. The van der Waals surface area contributed by atoms with Gasteiger partial charge >= 0.3 is 10.1 Å². The standard InChI is InChI=1S/C15H14N4O5S/c1-22-13-7-8-14(23-2)15(9-13)25(20,21)24-12-5-3-11(4-6-12)19-10-16-17-18-19/h3-10H,1-2H3. The molecule has 0 atom stereocenters. The van der Waals surface area contributed by atoms with Gasteiger partial charge in [-0.05, 0) is 46.8 Å². The summed E-state index contributed by atoms with van der Waals surface area (Å²) in [6.45, 7) is 0. The Labute approximate surface area is 143 Å². The van der Waals surface area contributed by atoms with Crippen LogP contribution in [0.2, 0.25) is 0 Å². The normalized spacial score (nSPS) is 11.1. The summed E-state index contributed by atoms with van der Waals surface area (Å²) in [6.07, 6.45) is 1.42. The molecule has 9 nitrogen and oxygen atoms in total. The van der Waals surface area contributed by atoms with Crippen LogP contribution < -0.4 is 13.7 Å². The minimum Gasteiger partial charge on any atom is -0.497 e. The fourth-order valence-corrected chi connectivity index (χ4v) is 3.20. The smallest absolute Gasteiger partial charge is 0.343 e. The predicted octanol–water partition coefficient (Wildman–Crippen LogP) is 1.45. The summed E-state index contributed by atoms with van der Waals surface area (Å²) in [5, 5.41) is 10.8. The minimum absolute atomic E-state index is 0.126. The van der Waals surface area contributed by atoms with Gasteiger partial charge in [0.2, 0.25) is 0 Å². The Bertz CT molecular complexity index is 956. The van der Waals surface area contributed by atoms with Crippen LogP contribution in [0.3, 0.4) is 0 Å². The zero-order valence-corrected chi connectivity index (χ0v) is 14.2. The van der Waals surface area contributed by atoms with Crippen molar-refractivity contribution in [3.63, 3.8) is 0 Å². The van der Waals surface area contributed by atoms with Gasteiger partial charge < -0.3 is 13.7 Å². The summed E-state index contributed by atoms with van der Waals surface area (Å²) < 4.78 is 41.9. The molecule has 0 saturated heterocycles. The van der Waals surface area contributed by atoms with Gasteiger partial charge in [0, 0.05) is 6.07 Å². The van der Waals surface area contributed by atoms with Crippen LogP contribution in [-0.2, 0) is 10.1 Å². The van der Waals surface area contributed by atoms with Crippen LogP contribution in [0.5, 0.6) is 17.2 Å². The number of tetrazole rings is 1. The maximum Gasteiger partial charge on any atom is 0.343 e. The monoisotopic (exact) mass is 362 g/mol. The Balaban J connectivity index is 1.89. The van der Waals surface area contributed by atoms with Crippen molar-refractivity contribution in [3.05, 3.63) is 48.8 Å². The van der Waals surface area contributed by atoms with Crippen LogP contribution in [0.1, 0.15) is 0 Å². The number of aromatic nitrogens is 4. The number of nitrogens with zero attached hydrogens (tertiary/aromatic N) is 4. The lowest BCUT2D eigenvalue weighted by Crippen LogP contribution is -2.11. The second-order valence-corrected chi connectivity index (χ2v) is 6.32. The number of rotatable bonds is 6. The van der Waals surface area contributed by atoms with Crippen molar-refractivity contribution in [2.75, 3.05) is 14.2 Å². The lowest BCUT2D eigenvalue weighted by Gasteiger charge is -2.12. The van der Waals surface area contributed by atoms with Gasteiger partial charge in [-0.3, -0.25) is 0 Å². The highest BCUT2D eigenvalue weighted by Crippen LogP contribution is 2.30. The molecule has 0 fully saturated rings. The van der Waals surface area contributed by atoms with Crippen LogP contribution in [-0.4, -0.2) is 42.8 Å². The van der Waals surface area contributed by atoms with E-state index in [1.165, 1.54) is 49.5 Å². The first kappa shape index (κ1) is 16.7. The van der Waals surface area contributed by atoms with Crippen molar-refractivity contribution in [1.82, 2.24) is 20.2 Å². The van der Waals surface area contributed by atoms with Crippen molar-refractivity contribution in [2.24, 2.45) is 0 Å². The summed E-state index contributed by atoms with van der Waals surface area (Å²) in [4.78, 5) is -0.126. The first-order chi connectivity index (χ1) is 12.0. The van der Waals surface area contributed by atoms with Crippen LogP contribution >= 0.6 is 0 Å². The predicted molar refractivity (Wildman–Crippen MR) is 86.5 cm³/mol. The van der Waals surface area contributed by atoms with Gasteiger partial charge in [-0.1, -0.05) is 0 Å². The molecule has 0 aliphatic rings. The largest absolute Gasteiger partial charge is 0.497 e. The van der Waals surface area contributed by atoms with Gasteiger partial charge in [0.15, 0.2) is 4.90 Å².